The summed E-state index contributed by atoms with van der Waals surface area (Å²) in [5.74, 6) is -0.351. The summed E-state index contributed by atoms with van der Waals surface area (Å²) in [5, 5.41) is 7.51. The molecule has 1 aliphatic rings. The van der Waals surface area contributed by atoms with Crippen molar-refractivity contribution in [2.45, 2.75) is 19.0 Å². The number of Topliss-reactive ketones (excluding diaryl/α,β-unsaturated/α-hetero) is 1. The zero-order chi connectivity index (χ0) is 26.1. The van der Waals surface area contributed by atoms with Gasteiger partial charge in [0.15, 0.2) is 5.78 Å². The number of anilines is 1. The molecule has 9 heteroatoms. The predicted octanol–water partition coefficient (Wildman–Crippen LogP) is 3.35. The number of nitrogens with zero attached hydrogens (tertiary/aromatic N) is 2. The Kier molecular flexibility index (Phi) is 6.19. The number of carbonyl (C=O) groups is 3. The van der Waals surface area contributed by atoms with Gasteiger partial charge in [0.1, 0.15) is 22.8 Å². The summed E-state index contributed by atoms with van der Waals surface area (Å²) >= 11 is 0. The third kappa shape index (κ3) is 4.31. The molecule has 0 bridgehead atoms. The number of carbonyl (C=O) groups excluding carboxylic acids is 3. The van der Waals surface area contributed by atoms with Crippen molar-refractivity contribution in [3.63, 3.8) is 0 Å². The Morgan fingerprint density at radius 3 is 2.49 bits per heavy atom. The van der Waals surface area contributed by atoms with E-state index in [2.05, 4.69) is 10.4 Å². The molecule has 0 spiro atoms. The molecule has 1 unspecified atom stereocenters. The van der Waals surface area contributed by atoms with E-state index in [1.54, 1.807) is 42.5 Å². The number of nitrogen functional groups attached to an aromatic ring is 1. The number of primary amides is 1. The highest BCUT2D eigenvalue weighted by Crippen LogP contribution is 2.38. The van der Waals surface area contributed by atoms with Gasteiger partial charge < -0.3 is 21.5 Å². The number of ether oxygens (including phenoxy) is 1. The molecule has 1 aliphatic carbocycles. The van der Waals surface area contributed by atoms with Gasteiger partial charge >= 0.3 is 0 Å². The van der Waals surface area contributed by atoms with Gasteiger partial charge in [0, 0.05) is 24.1 Å². The van der Waals surface area contributed by atoms with Crippen LogP contribution in [0.3, 0.4) is 0 Å². The van der Waals surface area contributed by atoms with E-state index in [9.17, 15) is 14.4 Å². The lowest BCUT2D eigenvalue weighted by Gasteiger charge is -2.13. The summed E-state index contributed by atoms with van der Waals surface area (Å²) in [6.07, 6.45) is 0.202. The molecule has 3 aromatic carbocycles. The van der Waals surface area contributed by atoms with Gasteiger partial charge in [0.2, 0.25) is 0 Å². The Labute approximate surface area is 213 Å². The van der Waals surface area contributed by atoms with Gasteiger partial charge in [-0.1, -0.05) is 60.7 Å². The maximum absolute atomic E-state index is 12.6. The summed E-state index contributed by atoms with van der Waals surface area (Å²) in [4.78, 5) is 37.5. The summed E-state index contributed by atoms with van der Waals surface area (Å²) in [6, 6.07) is 21.1. The van der Waals surface area contributed by atoms with E-state index in [1.165, 1.54) is 11.8 Å². The van der Waals surface area contributed by atoms with Crippen molar-refractivity contribution in [2.75, 3.05) is 12.8 Å². The molecular formula is C28H25N5O4. The maximum atomic E-state index is 12.6. The first-order chi connectivity index (χ1) is 17.9. The lowest BCUT2D eigenvalue weighted by atomic mass is 10.0. The molecule has 5 N–H and O–H groups in total. The number of methoxy groups -OCH3 is 1. The average molecular weight is 496 g/mol. The summed E-state index contributed by atoms with van der Waals surface area (Å²) in [7, 11) is 1.52. The van der Waals surface area contributed by atoms with E-state index in [0.29, 0.717) is 28.1 Å². The van der Waals surface area contributed by atoms with Crippen LogP contribution in [0.1, 0.15) is 54.7 Å². The molecule has 0 saturated carbocycles. The molecule has 0 fully saturated rings. The number of amides is 2. The van der Waals surface area contributed by atoms with Crippen LogP contribution >= 0.6 is 0 Å². The van der Waals surface area contributed by atoms with Crippen LogP contribution in [0, 0.1) is 0 Å². The zero-order valence-electron chi connectivity index (χ0n) is 20.1. The molecule has 4 aromatic rings. The van der Waals surface area contributed by atoms with E-state index in [1.807, 2.05) is 30.3 Å². The summed E-state index contributed by atoms with van der Waals surface area (Å²) in [6.45, 7) is 0.289. The summed E-state index contributed by atoms with van der Waals surface area (Å²) in [5.41, 5.74) is 15.8. The number of rotatable bonds is 7. The molecular weight excluding hydrogens is 470 g/mol. The number of hydrogen-bond acceptors (Lipinski definition) is 6. The number of nitrogens with two attached hydrogens (primary N) is 2. The molecule has 1 aromatic heterocycles. The molecule has 186 valence electrons. The standard InChI is InChI=1S/C28H25N5O4/c1-37-23-9-5-4-8-20(23)28(36)31-15-16-10-12-17(13-11-16)25-24(27(30)35)26(29)33(32-25)21-14-22(34)19-7-3-2-6-18(19)21/h2-13,21H,14-15,29H2,1H3,(H2,30,35)(H,31,36). The van der Waals surface area contributed by atoms with Crippen LogP contribution in [-0.4, -0.2) is 34.5 Å². The number of aromatic nitrogens is 2. The Morgan fingerprint density at radius 2 is 1.76 bits per heavy atom. The number of fused-ring (bicyclic) bond motifs is 1. The van der Waals surface area contributed by atoms with Crippen LogP contribution < -0.4 is 21.5 Å². The largest absolute Gasteiger partial charge is 0.496 e. The minimum absolute atomic E-state index is 0.00259. The van der Waals surface area contributed by atoms with Gasteiger partial charge in [-0.15, -0.1) is 0 Å². The van der Waals surface area contributed by atoms with Gasteiger partial charge in [-0.3, -0.25) is 14.4 Å². The molecule has 2 amide bonds. The minimum atomic E-state index is -0.704. The third-order valence-corrected chi connectivity index (χ3v) is 6.52. The smallest absolute Gasteiger partial charge is 0.255 e. The Morgan fingerprint density at radius 1 is 1.05 bits per heavy atom. The fraction of sp³-hybridized carbons (Fsp3) is 0.143. The highest BCUT2D eigenvalue weighted by molar-refractivity contribution is 6.04. The zero-order valence-corrected chi connectivity index (χ0v) is 20.1. The first kappa shape index (κ1) is 23.8. The highest BCUT2D eigenvalue weighted by atomic mass is 16.5. The highest BCUT2D eigenvalue weighted by Gasteiger charge is 2.34. The second-order valence-corrected chi connectivity index (χ2v) is 8.73. The topological polar surface area (TPSA) is 142 Å². The van der Waals surface area contributed by atoms with E-state index in [0.717, 1.165) is 11.1 Å². The lowest BCUT2D eigenvalue weighted by molar-refractivity contribution is 0.0945. The molecule has 9 nitrogen and oxygen atoms in total. The lowest BCUT2D eigenvalue weighted by Crippen LogP contribution is -2.23. The van der Waals surface area contributed by atoms with E-state index in [4.69, 9.17) is 16.2 Å². The fourth-order valence-electron chi connectivity index (χ4n) is 4.68. The van der Waals surface area contributed by atoms with Crippen molar-refractivity contribution in [2.24, 2.45) is 5.73 Å². The molecule has 5 rings (SSSR count). The monoisotopic (exact) mass is 495 g/mol. The van der Waals surface area contributed by atoms with Crippen LogP contribution in [0.5, 0.6) is 5.75 Å². The van der Waals surface area contributed by atoms with Gasteiger partial charge in [-0.2, -0.15) is 5.10 Å². The van der Waals surface area contributed by atoms with Crippen LogP contribution in [0.2, 0.25) is 0 Å². The van der Waals surface area contributed by atoms with E-state index in [-0.39, 0.29) is 36.0 Å². The molecule has 0 aliphatic heterocycles. The van der Waals surface area contributed by atoms with Crippen LogP contribution in [-0.2, 0) is 6.54 Å². The Balaban J connectivity index is 1.40. The van der Waals surface area contributed by atoms with Crippen molar-refractivity contribution < 1.29 is 19.1 Å². The second-order valence-electron chi connectivity index (χ2n) is 8.73. The van der Waals surface area contributed by atoms with Gasteiger partial charge in [0.05, 0.1) is 18.7 Å². The van der Waals surface area contributed by atoms with Crippen molar-refractivity contribution in [1.82, 2.24) is 15.1 Å². The third-order valence-electron chi connectivity index (χ3n) is 6.52. The quantitative estimate of drug-likeness (QED) is 0.359. The Hall–Kier alpha value is -4.92. The van der Waals surface area contributed by atoms with Crippen molar-refractivity contribution >= 4 is 23.4 Å². The number of hydrogen-bond donors (Lipinski definition) is 3. The molecule has 1 heterocycles. The van der Waals surface area contributed by atoms with Crippen molar-refractivity contribution in [3.05, 3.63) is 101 Å². The SMILES string of the molecule is COc1ccccc1C(=O)NCc1ccc(-c2nn(C3CC(=O)c4ccccc43)c(N)c2C(N)=O)cc1. The molecule has 1 atom stereocenters. The number of nitrogens with one attached hydrogen (secondary N) is 1. The fourth-order valence-corrected chi connectivity index (χ4v) is 4.68. The number of benzene rings is 3. The Bertz CT molecular complexity index is 1520. The van der Waals surface area contributed by atoms with Crippen LogP contribution in [0.4, 0.5) is 5.82 Å². The predicted molar refractivity (Wildman–Crippen MR) is 138 cm³/mol. The summed E-state index contributed by atoms with van der Waals surface area (Å²) < 4.78 is 6.77. The van der Waals surface area contributed by atoms with Crippen LogP contribution in [0.25, 0.3) is 11.3 Å². The van der Waals surface area contributed by atoms with Gasteiger partial charge in [-0.25, -0.2) is 4.68 Å². The number of para-hydroxylation sites is 1. The first-order valence-electron chi connectivity index (χ1n) is 11.7. The van der Waals surface area contributed by atoms with E-state index < -0.39 is 11.9 Å². The van der Waals surface area contributed by atoms with E-state index >= 15 is 0 Å². The molecule has 0 radical (unpaired) electrons. The van der Waals surface area contributed by atoms with Crippen molar-refractivity contribution in [1.29, 1.82) is 0 Å². The van der Waals surface area contributed by atoms with Gasteiger partial charge in [0.25, 0.3) is 11.8 Å². The van der Waals surface area contributed by atoms with Crippen molar-refractivity contribution in [3.8, 4) is 17.0 Å². The van der Waals surface area contributed by atoms with Gasteiger partial charge in [-0.05, 0) is 23.3 Å². The maximum Gasteiger partial charge on any atom is 0.255 e. The number of ketones is 1. The average Bonchev–Trinajstić information content (AvgIpc) is 3.44. The molecule has 0 saturated heterocycles. The molecule has 37 heavy (non-hydrogen) atoms. The minimum Gasteiger partial charge on any atom is -0.496 e. The first-order valence-corrected chi connectivity index (χ1v) is 11.7. The second kappa shape index (κ2) is 9.62. The van der Waals surface area contributed by atoms with Crippen LogP contribution in [0.15, 0.2) is 72.8 Å². The normalized spacial score (nSPS) is 14.3.